The third-order valence-electron chi connectivity index (χ3n) is 4.86. The molecule has 1 heterocycles. The van der Waals surface area contributed by atoms with Gasteiger partial charge < -0.3 is 10.1 Å². The smallest absolute Gasteiger partial charge is 0.329 e. The first-order valence-electron chi connectivity index (χ1n) is 9.76. The summed E-state index contributed by atoms with van der Waals surface area (Å²) in [5.41, 5.74) is 2.58. The number of imide groups is 1. The number of rotatable bonds is 6. The highest BCUT2D eigenvalue weighted by Gasteiger charge is 2.33. The van der Waals surface area contributed by atoms with Gasteiger partial charge in [0.1, 0.15) is 18.1 Å². The van der Waals surface area contributed by atoms with Gasteiger partial charge in [0.25, 0.3) is 5.91 Å². The second kappa shape index (κ2) is 10.3. The molecule has 1 saturated heterocycles. The Kier molecular flexibility index (Phi) is 7.44. The Labute approximate surface area is 217 Å². The van der Waals surface area contributed by atoms with Crippen molar-refractivity contribution in [3.05, 3.63) is 102 Å². The lowest BCUT2D eigenvalue weighted by atomic mass is 10.1. The lowest BCUT2D eigenvalue weighted by Gasteiger charge is -2.13. The van der Waals surface area contributed by atoms with Gasteiger partial charge in [-0.15, -0.1) is 0 Å². The van der Waals surface area contributed by atoms with Crippen LogP contribution in [0.4, 0.5) is 4.79 Å². The van der Waals surface area contributed by atoms with E-state index in [0.717, 1.165) is 11.1 Å². The summed E-state index contributed by atoms with van der Waals surface area (Å²) in [6, 6.07) is 17.7. The maximum Gasteiger partial charge on any atom is 0.329 e. The first-order chi connectivity index (χ1) is 15.8. The van der Waals surface area contributed by atoms with Gasteiger partial charge in [-0.2, -0.15) is 0 Å². The average molecular weight is 611 g/mol. The van der Waals surface area contributed by atoms with Gasteiger partial charge in [0.2, 0.25) is 0 Å². The molecule has 0 saturated carbocycles. The Hall–Kier alpha value is -2.32. The van der Waals surface area contributed by atoms with Gasteiger partial charge in [-0.3, -0.25) is 9.69 Å². The van der Waals surface area contributed by atoms with Gasteiger partial charge in [-0.05, 0) is 73.3 Å². The molecule has 5 nitrogen and oxygen atoms in total. The molecule has 33 heavy (non-hydrogen) atoms. The number of halogens is 4. The predicted molar refractivity (Wildman–Crippen MR) is 136 cm³/mol. The molecule has 168 valence electrons. The molecule has 1 fully saturated rings. The van der Waals surface area contributed by atoms with Crippen molar-refractivity contribution < 1.29 is 14.3 Å². The molecule has 0 aromatic heterocycles. The average Bonchev–Trinajstić information content (AvgIpc) is 3.02. The zero-order valence-corrected chi connectivity index (χ0v) is 21.6. The SMILES string of the molecule is O=C1N/C(=C/c2cc(Br)c(OCc3ccc(Cl)cc3Cl)c(Br)c2)C(=O)N1Cc1ccccc1. The molecule has 0 atom stereocenters. The number of urea groups is 1. The first-order valence-corrected chi connectivity index (χ1v) is 12.1. The van der Waals surface area contributed by atoms with Crippen LogP contribution in [0.1, 0.15) is 16.7 Å². The molecule has 3 aromatic carbocycles. The molecule has 3 aromatic rings. The molecular weight excluding hydrogens is 595 g/mol. The zero-order chi connectivity index (χ0) is 23.5. The molecule has 0 aliphatic carbocycles. The minimum absolute atomic E-state index is 0.205. The quantitative estimate of drug-likeness (QED) is 0.237. The number of hydrogen-bond donors (Lipinski definition) is 1. The molecule has 0 spiro atoms. The second-order valence-electron chi connectivity index (χ2n) is 7.20. The molecule has 0 bridgehead atoms. The number of carbonyl (C=O) groups excluding carboxylic acids is 2. The van der Waals surface area contributed by atoms with Crippen LogP contribution in [0.3, 0.4) is 0 Å². The van der Waals surface area contributed by atoms with Crippen LogP contribution < -0.4 is 10.1 Å². The maximum absolute atomic E-state index is 12.8. The number of ether oxygens (including phenoxy) is 1. The summed E-state index contributed by atoms with van der Waals surface area (Å²) in [7, 11) is 0. The number of carbonyl (C=O) groups is 2. The van der Waals surface area contributed by atoms with Gasteiger partial charge in [0.15, 0.2) is 0 Å². The Balaban J connectivity index is 1.50. The molecule has 9 heteroatoms. The highest BCUT2D eigenvalue weighted by Crippen LogP contribution is 2.36. The highest BCUT2D eigenvalue weighted by atomic mass is 79.9. The van der Waals surface area contributed by atoms with Crippen molar-refractivity contribution in [1.29, 1.82) is 0 Å². The Morgan fingerprint density at radius 1 is 0.970 bits per heavy atom. The van der Waals surface area contributed by atoms with Crippen LogP contribution in [0, 0.1) is 0 Å². The Bertz CT molecular complexity index is 1240. The Morgan fingerprint density at radius 3 is 2.33 bits per heavy atom. The lowest BCUT2D eigenvalue weighted by Crippen LogP contribution is -2.30. The van der Waals surface area contributed by atoms with Crippen molar-refractivity contribution in [2.24, 2.45) is 0 Å². The van der Waals surface area contributed by atoms with Crippen LogP contribution in [0.15, 0.2) is 75.3 Å². The number of benzene rings is 3. The summed E-state index contributed by atoms with van der Waals surface area (Å²) in [6.45, 7) is 0.451. The molecule has 4 rings (SSSR count). The molecule has 1 aliphatic heterocycles. The number of hydrogen-bond acceptors (Lipinski definition) is 3. The summed E-state index contributed by atoms with van der Waals surface area (Å²) in [4.78, 5) is 26.3. The molecule has 1 aliphatic rings. The maximum atomic E-state index is 12.8. The van der Waals surface area contributed by atoms with Crippen molar-refractivity contribution in [2.45, 2.75) is 13.2 Å². The molecule has 3 amide bonds. The summed E-state index contributed by atoms with van der Waals surface area (Å²) < 4.78 is 7.28. The van der Waals surface area contributed by atoms with Crippen molar-refractivity contribution in [3.8, 4) is 5.75 Å². The summed E-state index contributed by atoms with van der Waals surface area (Å²) in [5.74, 6) is 0.199. The van der Waals surface area contributed by atoms with Gasteiger partial charge >= 0.3 is 6.03 Å². The fourth-order valence-electron chi connectivity index (χ4n) is 3.24. The minimum atomic E-state index is -0.451. The van der Waals surface area contributed by atoms with E-state index in [2.05, 4.69) is 37.2 Å². The van der Waals surface area contributed by atoms with E-state index in [1.807, 2.05) is 30.3 Å². The molecule has 0 unspecified atom stereocenters. The van der Waals surface area contributed by atoms with Crippen molar-refractivity contribution in [2.75, 3.05) is 0 Å². The standard InChI is InChI=1S/C24H16Br2Cl2N2O3/c25-18-8-15(9-19(26)22(18)33-13-16-6-7-17(27)11-20(16)28)10-21-23(31)30(24(32)29-21)12-14-4-2-1-3-5-14/h1-11H,12-13H2,(H,29,32)/b21-10+. The van der Waals surface area contributed by atoms with Crippen molar-refractivity contribution >= 4 is 73.1 Å². The van der Waals surface area contributed by atoms with E-state index in [4.69, 9.17) is 27.9 Å². The van der Waals surface area contributed by atoms with Crippen LogP contribution in [-0.4, -0.2) is 16.8 Å². The van der Waals surface area contributed by atoms with Crippen molar-refractivity contribution in [3.63, 3.8) is 0 Å². The van der Waals surface area contributed by atoms with E-state index >= 15 is 0 Å². The second-order valence-corrected chi connectivity index (χ2v) is 9.76. The van der Waals surface area contributed by atoms with Crippen LogP contribution in [0.2, 0.25) is 10.0 Å². The lowest BCUT2D eigenvalue weighted by molar-refractivity contribution is -0.123. The minimum Gasteiger partial charge on any atom is -0.486 e. The van der Waals surface area contributed by atoms with E-state index in [9.17, 15) is 9.59 Å². The normalized spacial score (nSPS) is 14.7. The summed E-state index contributed by atoms with van der Waals surface area (Å²) in [5, 5.41) is 3.72. The summed E-state index contributed by atoms with van der Waals surface area (Å²) >= 11 is 19.2. The molecular formula is C24H16Br2Cl2N2O3. The molecule has 0 radical (unpaired) electrons. The highest BCUT2D eigenvalue weighted by molar-refractivity contribution is 9.11. The zero-order valence-electron chi connectivity index (χ0n) is 16.9. The van der Waals surface area contributed by atoms with Crippen molar-refractivity contribution in [1.82, 2.24) is 10.2 Å². The van der Waals surface area contributed by atoms with E-state index in [-0.39, 0.29) is 24.8 Å². The van der Waals surface area contributed by atoms with E-state index < -0.39 is 6.03 Å². The fraction of sp³-hybridized carbons (Fsp3) is 0.0833. The fourth-order valence-corrected chi connectivity index (χ4v) is 5.15. The van der Waals surface area contributed by atoms with E-state index in [1.54, 1.807) is 36.4 Å². The number of nitrogens with one attached hydrogen (secondary N) is 1. The van der Waals surface area contributed by atoms with Crippen LogP contribution in [0.5, 0.6) is 5.75 Å². The van der Waals surface area contributed by atoms with Gasteiger partial charge in [-0.25, -0.2) is 4.79 Å². The Morgan fingerprint density at radius 2 is 1.67 bits per heavy atom. The topological polar surface area (TPSA) is 58.6 Å². The monoisotopic (exact) mass is 608 g/mol. The largest absolute Gasteiger partial charge is 0.486 e. The van der Waals surface area contributed by atoms with Gasteiger partial charge in [0.05, 0.1) is 15.5 Å². The number of nitrogens with zero attached hydrogens (tertiary/aromatic N) is 1. The molecule has 1 N–H and O–H groups in total. The third kappa shape index (κ3) is 5.61. The van der Waals surface area contributed by atoms with Crippen LogP contribution in [0.25, 0.3) is 6.08 Å². The van der Waals surface area contributed by atoms with Gasteiger partial charge in [-0.1, -0.05) is 59.6 Å². The summed E-state index contributed by atoms with van der Waals surface area (Å²) in [6.07, 6.45) is 1.63. The number of amides is 3. The van der Waals surface area contributed by atoms with E-state index in [1.165, 1.54) is 4.90 Å². The third-order valence-corrected chi connectivity index (χ3v) is 6.63. The first kappa shape index (κ1) is 23.8. The van der Waals surface area contributed by atoms with E-state index in [0.29, 0.717) is 30.3 Å². The van der Waals surface area contributed by atoms with Gasteiger partial charge in [0, 0.05) is 15.6 Å². The van der Waals surface area contributed by atoms with Crippen LogP contribution >= 0.6 is 55.1 Å². The van der Waals surface area contributed by atoms with Crippen LogP contribution in [-0.2, 0) is 17.9 Å². The predicted octanol–water partition coefficient (Wildman–Crippen LogP) is 7.19.